The van der Waals surface area contributed by atoms with Gasteiger partial charge >= 0.3 is 0 Å². The first-order valence-corrected chi connectivity index (χ1v) is 6.95. The minimum absolute atomic E-state index is 0.615. The highest BCUT2D eigenvalue weighted by atomic mass is 16.3. The normalized spacial score (nSPS) is 22.6. The van der Waals surface area contributed by atoms with Crippen LogP contribution >= 0.6 is 0 Å². The third-order valence-electron chi connectivity index (χ3n) is 3.90. The van der Waals surface area contributed by atoms with E-state index in [1.807, 2.05) is 26.2 Å². The number of hydrogen-bond acceptors (Lipinski definition) is 5. The van der Waals surface area contributed by atoms with Gasteiger partial charge < -0.3 is 15.3 Å². The van der Waals surface area contributed by atoms with E-state index in [1.165, 1.54) is 0 Å². The van der Waals surface area contributed by atoms with Gasteiger partial charge in [-0.3, -0.25) is 9.97 Å². The zero-order chi connectivity index (χ0) is 14.2. The number of anilines is 1. The fourth-order valence-electron chi connectivity index (χ4n) is 2.98. The number of nitrogens with one attached hydrogen (secondary N) is 1. The first-order chi connectivity index (χ1) is 9.61. The first-order valence-electron chi connectivity index (χ1n) is 6.95. The van der Waals surface area contributed by atoms with E-state index >= 15 is 0 Å². The topological polar surface area (TPSA) is 61.3 Å². The summed E-state index contributed by atoms with van der Waals surface area (Å²) >= 11 is 0. The van der Waals surface area contributed by atoms with Crippen LogP contribution in [0.5, 0.6) is 0 Å². The summed E-state index contributed by atoms with van der Waals surface area (Å²) in [6.07, 6.45) is 4.39. The molecule has 1 aliphatic rings. The molecule has 0 unspecified atom stereocenters. The summed E-state index contributed by atoms with van der Waals surface area (Å²) in [5, 5.41) is 14.6. The van der Waals surface area contributed by atoms with Crippen molar-refractivity contribution in [3.05, 3.63) is 30.2 Å². The number of rotatable bonds is 3. The minimum atomic E-state index is -0.652. The van der Waals surface area contributed by atoms with E-state index in [4.69, 9.17) is 0 Å². The molecular weight excluding hydrogens is 252 g/mol. The molecule has 0 saturated carbocycles. The van der Waals surface area contributed by atoms with Crippen LogP contribution in [-0.2, 0) is 0 Å². The van der Waals surface area contributed by atoms with Gasteiger partial charge in [-0.1, -0.05) is 0 Å². The molecule has 0 bridgehead atoms. The summed E-state index contributed by atoms with van der Waals surface area (Å²) in [4.78, 5) is 11.0. The Morgan fingerprint density at radius 3 is 3.15 bits per heavy atom. The Kier molecular flexibility index (Phi) is 3.31. The number of aromatic nitrogens is 2. The number of likely N-dealkylation sites (N-methyl/N-ethyl adjacent to an activating group) is 1. The summed E-state index contributed by atoms with van der Waals surface area (Å²) in [6, 6.07) is 4.01. The average Bonchev–Trinajstić information content (AvgIpc) is 2.80. The molecule has 1 atom stereocenters. The van der Waals surface area contributed by atoms with Crippen molar-refractivity contribution in [3.63, 3.8) is 0 Å². The lowest BCUT2D eigenvalue weighted by atomic mass is 10.0. The Labute approximate surface area is 118 Å². The highest BCUT2D eigenvalue weighted by Crippen LogP contribution is 2.31. The fourth-order valence-corrected chi connectivity index (χ4v) is 2.98. The van der Waals surface area contributed by atoms with E-state index in [1.54, 1.807) is 6.20 Å². The molecule has 1 saturated heterocycles. The average molecular weight is 272 g/mol. The summed E-state index contributed by atoms with van der Waals surface area (Å²) in [5.41, 5.74) is 2.41. The number of nitrogens with zero attached hydrogens (tertiary/aromatic N) is 3. The molecule has 106 valence electrons. The molecule has 2 N–H and O–H groups in total. The van der Waals surface area contributed by atoms with Crippen LogP contribution < -0.4 is 10.2 Å². The Balaban J connectivity index is 1.99. The fraction of sp³-hybridized carbons (Fsp3) is 0.467. The van der Waals surface area contributed by atoms with Crippen molar-refractivity contribution >= 4 is 16.6 Å². The van der Waals surface area contributed by atoms with Gasteiger partial charge in [-0.05, 0) is 32.5 Å². The smallest absolute Gasteiger partial charge is 0.0961 e. The van der Waals surface area contributed by atoms with Crippen LogP contribution in [0.3, 0.4) is 0 Å². The van der Waals surface area contributed by atoms with Crippen LogP contribution in [0.1, 0.15) is 12.1 Å². The van der Waals surface area contributed by atoms with Gasteiger partial charge in [0.1, 0.15) is 0 Å². The molecule has 2 aromatic rings. The molecule has 0 radical (unpaired) electrons. The second-order valence-corrected chi connectivity index (χ2v) is 5.60. The number of pyridine rings is 2. The maximum absolute atomic E-state index is 10.5. The van der Waals surface area contributed by atoms with Crippen LogP contribution in [0.15, 0.2) is 24.5 Å². The molecule has 1 aliphatic heterocycles. The Hall–Kier alpha value is -1.72. The Morgan fingerprint density at radius 1 is 1.50 bits per heavy atom. The van der Waals surface area contributed by atoms with Gasteiger partial charge in [-0.25, -0.2) is 0 Å². The number of hydrogen-bond donors (Lipinski definition) is 2. The largest absolute Gasteiger partial charge is 0.387 e. The van der Waals surface area contributed by atoms with Crippen molar-refractivity contribution in [2.24, 2.45) is 0 Å². The maximum atomic E-state index is 10.5. The Bertz CT molecular complexity index is 630. The molecular formula is C15H20N4O. The van der Waals surface area contributed by atoms with E-state index in [-0.39, 0.29) is 0 Å². The van der Waals surface area contributed by atoms with Gasteiger partial charge in [0, 0.05) is 48.8 Å². The molecule has 3 rings (SSSR count). The molecule has 3 heterocycles. The lowest BCUT2D eigenvalue weighted by molar-refractivity contribution is 0.0651. The lowest BCUT2D eigenvalue weighted by Gasteiger charge is -2.25. The number of β-amino-alcohol motifs (C(OH)–C–C–N with tert-alkyl or cyclic N) is 1. The lowest BCUT2D eigenvalue weighted by Crippen LogP contribution is -2.41. The van der Waals surface area contributed by atoms with Crippen LogP contribution in [-0.4, -0.2) is 47.4 Å². The van der Waals surface area contributed by atoms with E-state index < -0.39 is 5.60 Å². The van der Waals surface area contributed by atoms with Crippen molar-refractivity contribution in [3.8, 4) is 0 Å². The van der Waals surface area contributed by atoms with Crippen LogP contribution in [0.25, 0.3) is 10.9 Å². The number of aliphatic hydroxyl groups is 1. The highest BCUT2D eigenvalue weighted by molar-refractivity contribution is 5.91. The monoisotopic (exact) mass is 272 g/mol. The quantitative estimate of drug-likeness (QED) is 0.876. The third kappa shape index (κ3) is 2.34. The highest BCUT2D eigenvalue weighted by Gasteiger charge is 2.36. The van der Waals surface area contributed by atoms with E-state index in [9.17, 15) is 5.11 Å². The van der Waals surface area contributed by atoms with Gasteiger partial charge in [0.05, 0.1) is 11.1 Å². The second kappa shape index (κ2) is 5.00. The molecule has 0 aromatic carbocycles. The van der Waals surface area contributed by atoms with Crippen molar-refractivity contribution < 1.29 is 5.11 Å². The zero-order valence-corrected chi connectivity index (χ0v) is 11.9. The molecule has 0 aliphatic carbocycles. The Morgan fingerprint density at radius 2 is 2.35 bits per heavy atom. The SMILES string of the molecule is CNC[C@@]1(O)CCN(c2cc(C)nc3ccncc23)C1. The summed E-state index contributed by atoms with van der Waals surface area (Å²) in [7, 11) is 1.87. The van der Waals surface area contributed by atoms with Gasteiger partial charge in [0.25, 0.3) is 0 Å². The summed E-state index contributed by atoms with van der Waals surface area (Å²) < 4.78 is 0. The molecule has 20 heavy (non-hydrogen) atoms. The predicted molar refractivity (Wildman–Crippen MR) is 80.0 cm³/mol. The van der Waals surface area contributed by atoms with Gasteiger partial charge in [-0.2, -0.15) is 0 Å². The van der Waals surface area contributed by atoms with Gasteiger partial charge in [-0.15, -0.1) is 0 Å². The van der Waals surface area contributed by atoms with Gasteiger partial charge in [0.15, 0.2) is 0 Å². The molecule has 5 nitrogen and oxygen atoms in total. The standard InChI is InChI=1S/C15H20N4O/c1-11-7-14(12-8-17-5-3-13(12)18-11)19-6-4-15(20,10-19)9-16-2/h3,5,7-8,16,20H,4,6,9-10H2,1-2H3/t15-/m0/s1. The van der Waals surface area contributed by atoms with Crippen molar-refractivity contribution in [1.82, 2.24) is 15.3 Å². The van der Waals surface area contributed by atoms with Crippen molar-refractivity contribution in [2.75, 3.05) is 31.6 Å². The molecule has 5 heteroatoms. The van der Waals surface area contributed by atoms with E-state index in [2.05, 4.69) is 26.3 Å². The summed E-state index contributed by atoms with van der Waals surface area (Å²) in [6.45, 7) is 4.11. The summed E-state index contributed by atoms with van der Waals surface area (Å²) in [5.74, 6) is 0. The number of aryl methyl sites for hydroxylation is 1. The molecule has 0 spiro atoms. The van der Waals surface area contributed by atoms with Crippen molar-refractivity contribution in [1.29, 1.82) is 0 Å². The first kappa shape index (κ1) is 13.3. The van der Waals surface area contributed by atoms with Crippen LogP contribution in [0.4, 0.5) is 5.69 Å². The van der Waals surface area contributed by atoms with Crippen LogP contribution in [0, 0.1) is 6.92 Å². The molecule has 2 aromatic heterocycles. The molecule has 0 amide bonds. The molecule has 1 fully saturated rings. The maximum Gasteiger partial charge on any atom is 0.0961 e. The third-order valence-corrected chi connectivity index (χ3v) is 3.90. The number of fused-ring (bicyclic) bond motifs is 1. The van der Waals surface area contributed by atoms with Crippen LogP contribution in [0.2, 0.25) is 0 Å². The minimum Gasteiger partial charge on any atom is -0.387 e. The zero-order valence-electron chi connectivity index (χ0n) is 11.9. The van der Waals surface area contributed by atoms with E-state index in [0.29, 0.717) is 13.1 Å². The van der Waals surface area contributed by atoms with Crippen molar-refractivity contribution in [2.45, 2.75) is 18.9 Å². The second-order valence-electron chi connectivity index (χ2n) is 5.60. The van der Waals surface area contributed by atoms with E-state index in [0.717, 1.165) is 35.2 Å². The predicted octanol–water partition coefficient (Wildman–Crippen LogP) is 1.10. The van der Waals surface area contributed by atoms with Gasteiger partial charge in [0.2, 0.25) is 0 Å².